The minimum absolute atomic E-state index is 0.0431. The van der Waals surface area contributed by atoms with E-state index in [0.29, 0.717) is 5.92 Å². The fraction of sp³-hybridized carbons (Fsp3) is 0.882. The molecular weight excluding hydrogens is 250 g/mol. The van der Waals surface area contributed by atoms with Crippen molar-refractivity contribution < 1.29 is 4.92 Å². The van der Waals surface area contributed by atoms with E-state index >= 15 is 0 Å². The summed E-state index contributed by atoms with van der Waals surface area (Å²) in [5, 5.41) is 11.1. The number of nitro groups is 1. The van der Waals surface area contributed by atoms with E-state index in [1.54, 1.807) is 0 Å². The molecule has 2 atom stereocenters. The normalized spacial score (nSPS) is 28.1. The first-order chi connectivity index (χ1) is 9.74. The summed E-state index contributed by atoms with van der Waals surface area (Å²) in [5.74, 6) is 0.547. The molecule has 1 fully saturated rings. The van der Waals surface area contributed by atoms with Gasteiger partial charge in [-0.25, -0.2) is 0 Å². The predicted octanol–water partition coefficient (Wildman–Crippen LogP) is 5.52. The first kappa shape index (κ1) is 17.2. The molecule has 0 bridgehead atoms. The molecule has 0 aromatic heterocycles. The minimum Gasteiger partial charge on any atom is -0.264 e. The monoisotopic (exact) mass is 281 g/mol. The summed E-state index contributed by atoms with van der Waals surface area (Å²) >= 11 is 0. The van der Waals surface area contributed by atoms with Gasteiger partial charge in [0.1, 0.15) is 0 Å². The van der Waals surface area contributed by atoms with Gasteiger partial charge < -0.3 is 0 Å². The Bertz CT molecular complexity index is 289. The zero-order chi connectivity index (χ0) is 14.6. The third-order valence-corrected chi connectivity index (χ3v) is 4.50. The van der Waals surface area contributed by atoms with Crippen molar-refractivity contribution in [3.05, 3.63) is 22.3 Å². The lowest BCUT2D eigenvalue weighted by molar-refractivity contribution is -0.524. The second-order valence-corrected chi connectivity index (χ2v) is 6.21. The molecule has 3 nitrogen and oxygen atoms in total. The SMILES string of the molecule is C/C=C\C1CCCCCCCCCCC([N+](=O)[O-])CC1. The van der Waals surface area contributed by atoms with Gasteiger partial charge in [-0.1, -0.05) is 57.1 Å². The van der Waals surface area contributed by atoms with Gasteiger partial charge in [0, 0.05) is 17.8 Å². The number of hydrogen-bond donors (Lipinski definition) is 0. The fourth-order valence-electron chi connectivity index (χ4n) is 3.22. The predicted molar refractivity (Wildman–Crippen MR) is 84.5 cm³/mol. The molecule has 0 aliphatic heterocycles. The van der Waals surface area contributed by atoms with Crippen LogP contribution in [-0.4, -0.2) is 11.0 Å². The van der Waals surface area contributed by atoms with E-state index in [2.05, 4.69) is 19.1 Å². The molecule has 0 heterocycles. The number of allylic oxidation sites excluding steroid dienone is 2. The molecule has 0 radical (unpaired) electrons. The van der Waals surface area contributed by atoms with Crippen LogP contribution in [0, 0.1) is 16.0 Å². The first-order valence-corrected chi connectivity index (χ1v) is 8.50. The van der Waals surface area contributed by atoms with Crippen molar-refractivity contribution in [1.82, 2.24) is 0 Å². The molecule has 20 heavy (non-hydrogen) atoms. The highest BCUT2D eigenvalue weighted by atomic mass is 16.6. The molecule has 0 N–H and O–H groups in total. The van der Waals surface area contributed by atoms with Gasteiger partial charge >= 0.3 is 0 Å². The molecule has 1 aliphatic rings. The molecule has 1 aliphatic carbocycles. The average molecular weight is 281 g/mol. The van der Waals surface area contributed by atoms with Crippen LogP contribution in [0.2, 0.25) is 0 Å². The van der Waals surface area contributed by atoms with Gasteiger partial charge in [-0.05, 0) is 32.1 Å². The van der Waals surface area contributed by atoms with Crippen LogP contribution in [0.25, 0.3) is 0 Å². The molecule has 116 valence electrons. The molecule has 0 amide bonds. The standard InChI is InChI=1S/C17H31NO2/c1-2-11-16-12-9-7-5-3-4-6-8-10-13-17(15-14-16)18(19)20/h2,11,16-17H,3-10,12-15H2,1H3/b11-2-. The second kappa shape index (κ2) is 10.9. The first-order valence-electron chi connectivity index (χ1n) is 8.50. The molecule has 2 unspecified atom stereocenters. The molecule has 1 rings (SSSR count). The fourth-order valence-corrected chi connectivity index (χ4v) is 3.22. The maximum absolute atomic E-state index is 11.1. The highest BCUT2D eigenvalue weighted by Gasteiger charge is 2.20. The molecule has 0 aromatic carbocycles. The van der Waals surface area contributed by atoms with E-state index in [4.69, 9.17) is 0 Å². The molecule has 0 spiro atoms. The maximum atomic E-state index is 11.1. The zero-order valence-corrected chi connectivity index (χ0v) is 13.1. The minimum atomic E-state index is -0.314. The van der Waals surface area contributed by atoms with Crippen LogP contribution in [-0.2, 0) is 0 Å². The lowest BCUT2D eigenvalue weighted by Crippen LogP contribution is -2.20. The van der Waals surface area contributed by atoms with Crippen molar-refractivity contribution in [2.45, 2.75) is 90.0 Å². The van der Waals surface area contributed by atoms with E-state index in [9.17, 15) is 10.1 Å². The van der Waals surface area contributed by atoms with Gasteiger partial charge in [0.15, 0.2) is 0 Å². The summed E-state index contributed by atoms with van der Waals surface area (Å²) in [6, 6.07) is -0.314. The largest absolute Gasteiger partial charge is 0.264 e. The molecular formula is C17H31NO2. The maximum Gasteiger partial charge on any atom is 0.213 e. The van der Waals surface area contributed by atoms with E-state index in [1.807, 2.05) is 0 Å². The van der Waals surface area contributed by atoms with Crippen molar-refractivity contribution in [1.29, 1.82) is 0 Å². The van der Waals surface area contributed by atoms with Gasteiger partial charge in [0.25, 0.3) is 0 Å². The molecule has 3 heteroatoms. The van der Waals surface area contributed by atoms with Crippen molar-refractivity contribution in [2.24, 2.45) is 5.92 Å². The molecule has 0 saturated heterocycles. The Balaban J connectivity index is 2.50. The summed E-state index contributed by atoms with van der Waals surface area (Å²) in [4.78, 5) is 11.1. The Labute approximate surface area is 124 Å². The third-order valence-electron chi connectivity index (χ3n) is 4.50. The van der Waals surface area contributed by atoms with Crippen LogP contribution in [0.1, 0.15) is 84.0 Å². The third kappa shape index (κ3) is 7.66. The molecule has 1 saturated carbocycles. The summed E-state index contributed by atoms with van der Waals surface area (Å²) < 4.78 is 0. The Kier molecular flexibility index (Phi) is 9.35. The van der Waals surface area contributed by atoms with Gasteiger partial charge in [-0.3, -0.25) is 10.1 Å². The van der Waals surface area contributed by atoms with Gasteiger partial charge in [0.05, 0.1) is 0 Å². The van der Waals surface area contributed by atoms with Crippen molar-refractivity contribution in [3.63, 3.8) is 0 Å². The summed E-state index contributed by atoms with van der Waals surface area (Å²) in [7, 11) is 0. The lowest BCUT2D eigenvalue weighted by Gasteiger charge is -2.16. The lowest BCUT2D eigenvalue weighted by atomic mass is 9.91. The Morgan fingerprint density at radius 3 is 1.95 bits per heavy atom. The van der Waals surface area contributed by atoms with Crippen LogP contribution in [0.4, 0.5) is 0 Å². The van der Waals surface area contributed by atoms with Crippen LogP contribution >= 0.6 is 0 Å². The zero-order valence-electron chi connectivity index (χ0n) is 13.1. The Morgan fingerprint density at radius 1 is 0.850 bits per heavy atom. The topological polar surface area (TPSA) is 43.1 Å². The highest BCUT2D eigenvalue weighted by Crippen LogP contribution is 2.23. The van der Waals surface area contributed by atoms with Crippen LogP contribution < -0.4 is 0 Å². The highest BCUT2D eigenvalue weighted by molar-refractivity contribution is 4.86. The van der Waals surface area contributed by atoms with Gasteiger partial charge in [-0.2, -0.15) is 0 Å². The Morgan fingerprint density at radius 2 is 1.40 bits per heavy atom. The smallest absolute Gasteiger partial charge is 0.213 e. The van der Waals surface area contributed by atoms with Crippen molar-refractivity contribution in [2.75, 3.05) is 0 Å². The number of rotatable bonds is 2. The summed E-state index contributed by atoms with van der Waals surface area (Å²) in [6.45, 7) is 2.05. The number of hydrogen-bond acceptors (Lipinski definition) is 2. The van der Waals surface area contributed by atoms with Crippen molar-refractivity contribution >= 4 is 0 Å². The second-order valence-electron chi connectivity index (χ2n) is 6.21. The summed E-state index contributed by atoms with van der Waals surface area (Å²) in [6.07, 6.45) is 18.1. The van der Waals surface area contributed by atoms with Crippen LogP contribution in [0.3, 0.4) is 0 Å². The molecule has 0 aromatic rings. The quantitative estimate of drug-likeness (QED) is 0.380. The van der Waals surface area contributed by atoms with Gasteiger partial charge in [-0.15, -0.1) is 0 Å². The average Bonchev–Trinajstić information content (AvgIpc) is 2.42. The van der Waals surface area contributed by atoms with Crippen LogP contribution in [0.15, 0.2) is 12.2 Å². The Hall–Kier alpha value is -0.860. The van der Waals surface area contributed by atoms with Crippen LogP contribution in [0.5, 0.6) is 0 Å². The summed E-state index contributed by atoms with van der Waals surface area (Å²) in [5.41, 5.74) is 0. The van der Waals surface area contributed by atoms with E-state index < -0.39 is 0 Å². The van der Waals surface area contributed by atoms with E-state index in [1.165, 1.54) is 51.4 Å². The number of nitrogens with zero attached hydrogens (tertiary/aromatic N) is 1. The van der Waals surface area contributed by atoms with E-state index in [-0.39, 0.29) is 11.0 Å². The van der Waals surface area contributed by atoms with Crippen molar-refractivity contribution in [3.8, 4) is 0 Å². The van der Waals surface area contributed by atoms with E-state index in [0.717, 1.165) is 25.7 Å². The van der Waals surface area contributed by atoms with Gasteiger partial charge in [0.2, 0.25) is 6.04 Å².